The van der Waals surface area contributed by atoms with Crippen molar-refractivity contribution in [3.05, 3.63) is 0 Å². The maximum Gasteiger partial charge on any atom is 0.220 e. The van der Waals surface area contributed by atoms with Gasteiger partial charge in [0.05, 0.1) is 0 Å². The van der Waals surface area contributed by atoms with Gasteiger partial charge in [-0.3, -0.25) is 4.79 Å². The molecule has 0 aliphatic carbocycles. The first kappa shape index (κ1) is 10.5. The molecule has 0 spiro atoms. The van der Waals surface area contributed by atoms with E-state index < -0.39 is 0 Å². The summed E-state index contributed by atoms with van der Waals surface area (Å²) in [5.74, 6) is 0.800. The average Bonchev–Trinajstić information content (AvgIpc) is 1.94. The Morgan fingerprint density at radius 2 is 2.15 bits per heavy atom. The molecule has 1 heterocycles. The Morgan fingerprint density at radius 1 is 1.54 bits per heavy atom. The van der Waals surface area contributed by atoms with Crippen LogP contribution in [0.5, 0.6) is 0 Å². The predicted molar refractivity (Wildman–Crippen MR) is 53.5 cm³/mol. The Kier molecular flexibility index (Phi) is 3.72. The molecule has 1 fully saturated rings. The van der Waals surface area contributed by atoms with E-state index in [0.717, 1.165) is 19.6 Å². The predicted octanol–water partition coefficient (Wildman–Crippen LogP) is 0.853. The minimum Gasteiger partial charge on any atom is -0.354 e. The molecule has 1 aliphatic heterocycles. The molecule has 3 nitrogen and oxygen atoms in total. The minimum atomic E-state index is 0.204. The molecular formula is C10H20N2O. The van der Waals surface area contributed by atoms with E-state index in [-0.39, 0.29) is 11.9 Å². The van der Waals surface area contributed by atoms with Gasteiger partial charge >= 0.3 is 0 Å². The monoisotopic (exact) mass is 184 g/mol. The van der Waals surface area contributed by atoms with Crippen LogP contribution in [0.2, 0.25) is 0 Å². The Labute approximate surface area is 80.5 Å². The molecule has 3 heteroatoms. The van der Waals surface area contributed by atoms with Gasteiger partial charge in [-0.25, -0.2) is 0 Å². The Balaban J connectivity index is 2.09. The van der Waals surface area contributed by atoms with Crippen molar-refractivity contribution in [2.45, 2.75) is 33.2 Å². The van der Waals surface area contributed by atoms with Crippen LogP contribution in [-0.4, -0.2) is 36.5 Å². The molecule has 0 unspecified atom stereocenters. The third kappa shape index (κ3) is 3.35. The maximum atomic E-state index is 11.3. The van der Waals surface area contributed by atoms with E-state index in [1.807, 2.05) is 13.8 Å². The van der Waals surface area contributed by atoms with E-state index in [9.17, 15) is 4.79 Å². The van der Waals surface area contributed by atoms with Crippen molar-refractivity contribution in [1.29, 1.82) is 0 Å². The summed E-state index contributed by atoms with van der Waals surface area (Å²) < 4.78 is 0. The second-order valence-electron chi connectivity index (χ2n) is 4.14. The number of carbonyl (C=O) groups is 1. The lowest BCUT2D eigenvalue weighted by molar-refractivity contribution is -0.123. The summed E-state index contributed by atoms with van der Waals surface area (Å²) in [7, 11) is 0. The number of nitrogens with zero attached hydrogens (tertiary/aromatic N) is 1. The molecule has 1 N–H and O–H groups in total. The normalized spacial score (nSPS) is 18.8. The fraction of sp³-hybridized carbons (Fsp3) is 0.900. The van der Waals surface area contributed by atoms with Gasteiger partial charge in [0, 0.05) is 25.6 Å². The smallest absolute Gasteiger partial charge is 0.220 e. The molecule has 0 atom stereocenters. The zero-order valence-electron chi connectivity index (χ0n) is 8.84. The summed E-state index contributed by atoms with van der Waals surface area (Å²) in [6, 6.07) is 0.273. The Morgan fingerprint density at radius 3 is 2.62 bits per heavy atom. The quantitative estimate of drug-likeness (QED) is 0.702. The molecule has 0 bridgehead atoms. The van der Waals surface area contributed by atoms with E-state index >= 15 is 0 Å². The molecule has 0 radical (unpaired) electrons. The van der Waals surface area contributed by atoms with E-state index in [0.29, 0.717) is 12.3 Å². The van der Waals surface area contributed by atoms with Crippen LogP contribution in [0.1, 0.15) is 27.2 Å². The second kappa shape index (κ2) is 4.61. The highest BCUT2D eigenvalue weighted by atomic mass is 16.1. The summed E-state index contributed by atoms with van der Waals surface area (Å²) in [6.07, 6.45) is 0.703. The molecule has 0 aromatic carbocycles. The highest BCUT2D eigenvalue weighted by Crippen LogP contribution is 2.17. The molecule has 0 saturated carbocycles. The summed E-state index contributed by atoms with van der Waals surface area (Å²) >= 11 is 0. The third-order valence-corrected chi connectivity index (χ3v) is 2.40. The summed E-state index contributed by atoms with van der Waals surface area (Å²) in [6.45, 7) is 9.46. The molecule has 1 aliphatic rings. The van der Waals surface area contributed by atoms with Crippen LogP contribution in [0.25, 0.3) is 0 Å². The minimum absolute atomic E-state index is 0.204. The van der Waals surface area contributed by atoms with Crippen LogP contribution in [0.3, 0.4) is 0 Å². The fourth-order valence-electron chi connectivity index (χ4n) is 1.71. The standard InChI is InChI=1S/C10H20N2O/c1-4-12-6-9(7-12)5-10(13)11-8(2)3/h8-9H,4-7H2,1-3H3,(H,11,13). The molecular weight excluding hydrogens is 164 g/mol. The van der Waals surface area contributed by atoms with Crippen molar-refractivity contribution in [2.75, 3.05) is 19.6 Å². The number of likely N-dealkylation sites (tertiary alicyclic amines) is 1. The largest absolute Gasteiger partial charge is 0.354 e. The molecule has 0 aromatic heterocycles. The van der Waals surface area contributed by atoms with Gasteiger partial charge in [-0.1, -0.05) is 6.92 Å². The zero-order chi connectivity index (χ0) is 9.84. The van der Waals surface area contributed by atoms with Crippen molar-refractivity contribution in [2.24, 2.45) is 5.92 Å². The van der Waals surface area contributed by atoms with Crippen molar-refractivity contribution >= 4 is 5.91 Å². The Bertz CT molecular complexity index is 174. The molecule has 76 valence electrons. The lowest BCUT2D eigenvalue weighted by Crippen LogP contribution is -2.48. The van der Waals surface area contributed by atoms with E-state index in [2.05, 4.69) is 17.1 Å². The molecule has 1 saturated heterocycles. The lowest BCUT2D eigenvalue weighted by atomic mass is 9.96. The highest BCUT2D eigenvalue weighted by Gasteiger charge is 2.26. The van der Waals surface area contributed by atoms with Gasteiger partial charge in [-0.15, -0.1) is 0 Å². The Hall–Kier alpha value is -0.570. The number of carbonyl (C=O) groups excluding carboxylic acids is 1. The van der Waals surface area contributed by atoms with Crippen LogP contribution in [0, 0.1) is 5.92 Å². The lowest BCUT2D eigenvalue weighted by Gasteiger charge is -2.38. The van der Waals surface area contributed by atoms with Gasteiger partial charge in [0.2, 0.25) is 5.91 Å². The number of rotatable bonds is 4. The van der Waals surface area contributed by atoms with Crippen molar-refractivity contribution < 1.29 is 4.79 Å². The number of nitrogens with one attached hydrogen (secondary N) is 1. The van der Waals surface area contributed by atoms with Crippen molar-refractivity contribution in [1.82, 2.24) is 10.2 Å². The van der Waals surface area contributed by atoms with Crippen LogP contribution in [-0.2, 0) is 4.79 Å². The topological polar surface area (TPSA) is 32.3 Å². The first-order valence-electron chi connectivity index (χ1n) is 5.13. The summed E-state index contributed by atoms with van der Waals surface area (Å²) in [4.78, 5) is 13.7. The van der Waals surface area contributed by atoms with Crippen molar-refractivity contribution in [3.8, 4) is 0 Å². The van der Waals surface area contributed by atoms with Gasteiger partial charge in [-0.05, 0) is 26.3 Å². The summed E-state index contributed by atoms with van der Waals surface area (Å²) in [5.41, 5.74) is 0. The fourth-order valence-corrected chi connectivity index (χ4v) is 1.71. The number of hydrogen-bond donors (Lipinski definition) is 1. The first-order chi connectivity index (χ1) is 6.11. The van der Waals surface area contributed by atoms with E-state index in [1.165, 1.54) is 0 Å². The van der Waals surface area contributed by atoms with Gasteiger partial charge in [0.1, 0.15) is 0 Å². The van der Waals surface area contributed by atoms with E-state index in [4.69, 9.17) is 0 Å². The molecule has 0 aromatic rings. The maximum absolute atomic E-state index is 11.3. The van der Waals surface area contributed by atoms with Crippen LogP contribution >= 0.6 is 0 Å². The van der Waals surface area contributed by atoms with Gasteiger partial charge in [-0.2, -0.15) is 0 Å². The highest BCUT2D eigenvalue weighted by molar-refractivity contribution is 5.76. The number of amides is 1. The summed E-state index contributed by atoms with van der Waals surface area (Å²) in [5, 5.41) is 2.92. The number of hydrogen-bond acceptors (Lipinski definition) is 2. The SMILES string of the molecule is CCN1CC(CC(=O)NC(C)C)C1. The van der Waals surface area contributed by atoms with E-state index in [1.54, 1.807) is 0 Å². The third-order valence-electron chi connectivity index (χ3n) is 2.40. The van der Waals surface area contributed by atoms with Gasteiger partial charge in [0.15, 0.2) is 0 Å². The molecule has 1 rings (SSSR count). The van der Waals surface area contributed by atoms with Crippen molar-refractivity contribution in [3.63, 3.8) is 0 Å². The van der Waals surface area contributed by atoms with Gasteiger partial charge < -0.3 is 10.2 Å². The van der Waals surface area contributed by atoms with Crippen LogP contribution in [0.15, 0.2) is 0 Å². The average molecular weight is 184 g/mol. The van der Waals surface area contributed by atoms with Crippen LogP contribution < -0.4 is 5.32 Å². The molecule has 1 amide bonds. The second-order valence-corrected chi connectivity index (χ2v) is 4.14. The van der Waals surface area contributed by atoms with Crippen LogP contribution in [0.4, 0.5) is 0 Å². The zero-order valence-corrected chi connectivity index (χ0v) is 8.84. The molecule has 13 heavy (non-hydrogen) atoms. The van der Waals surface area contributed by atoms with Gasteiger partial charge in [0.25, 0.3) is 0 Å². The first-order valence-corrected chi connectivity index (χ1v) is 5.13.